The third-order valence-electron chi connectivity index (χ3n) is 6.95. The van der Waals surface area contributed by atoms with E-state index < -0.39 is 5.54 Å². The second-order valence-corrected chi connectivity index (χ2v) is 8.57. The molecule has 2 atom stereocenters. The Kier molecular flexibility index (Phi) is 4.31. The molecule has 0 aromatic heterocycles. The molecule has 0 radical (unpaired) electrons. The standard InChI is InChI=1S/C19H31N3O2/c1-21-9-11-22(12-10-21)18(24)19(7-2-3-8-19)20-17(23)16-13-15(16)14-5-4-6-14/h14-16H,2-13H2,1H3,(H,20,23)/t15-,16+/m1/s1. The van der Waals surface area contributed by atoms with E-state index in [0.717, 1.165) is 64.2 Å². The lowest BCUT2D eigenvalue weighted by Crippen LogP contribution is -2.61. The van der Waals surface area contributed by atoms with Crippen LogP contribution in [0.3, 0.4) is 0 Å². The van der Waals surface area contributed by atoms with Crippen LogP contribution in [0.4, 0.5) is 0 Å². The Labute approximate surface area is 145 Å². The number of likely N-dealkylation sites (N-methyl/N-ethyl adjacent to an activating group) is 1. The van der Waals surface area contributed by atoms with Crippen molar-refractivity contribution in [2.45, 2.75) is 56.9 Å². The number of piperazine rings is 1. The lowest BCUT2D eigenvalue weighted by Gasteiger charge is -2.39. The van der Waals surface area contributed by atoms with E-state index in [1.165, 1.54) is 19.3 Å². The molecule has 134 valence electrons. The molecule has 24 heavy (non-hydrogen) atoms. The van der Waals surface area contributed by atoms with E-state index in [9.17, 15) is 9.59 Å². The molecule has 5 nitrogen and oxygen atoms in total. The summed E-state index contributed by atoms with van der Waals surface area (Å²) >= 11 is 0. The molecule has 1 N–H and O–H groups in total. The van der Waals surface area contributed by atoms with Crippen LogP contribution in [0.25, 0.3) is 0 Å². The molecule has 3 saturated carbocycles. The van der Waals surface area contributed by atoms with Gasteiger partial charge in [0.05, 0.1) is 0 Å². The number of nitrogens with zero attached hydrogens (tertiary/aromatic N) is 2. The quantitative estimate of drug-likeness (QED) is 0.851. The van der Waals surface area contributed by atoms with Gasteiger partial charge in [-0.1, -0.05) is 32.1 Å². The molecule has 1 saturated heterocycles. The molecule has 1 aliphatic heterocycles. The van der Waals surface area contributed by atoms with Crippen LogP contribution in [0, 0.1) is 17.8 Å². The number of amides is 2. The molecule has 0 spiro atoms. The SMILES string of the molecule is CN1CCN(C(=O)C2(NC(=O)[C@H]3C[C@@H]3C3CCC3)CCCC2)CC1. The van der Waals surface area contributed by atoms with Gasteiger partial charge in [-0.05, 0) is 38.1 Å². The van der Waals surface area contributed by atoms with E-state index in [1.807, 2.05) is 4.90 Å². The van der Waals surface area contributed by atoms with Crippen molar-refractivity contribution in [2.75, 3.05) is 33.2 Å². The molecule has 0 unspecified atom stereocenters. The topological polar surface area (TPSA) is 52.6 Å². The van der Waals surface area contributed by atoms with E-state index in [-0.39, 0.29) is 17.7 Å². The van der Waals surface area contributed by atoms with E-state index in [4.69, 9.17) is 0 Å². The summed E-state index contributed by atoms with van der Waals surface area (Å²) in [5, 5.41) is 3.25. The smallest absolute Gasteiger partial charge is 0.248 e. The Morgan fingerprint density at radius 1 is 1.00 bits per heavy atom. The zero-order valence-corrected chi connectivity index (χ0v) is 14.9. The van der Waals surface area contributed by atoms with Crippen LogP contribution in [0.2, 0.25) is 0 Å². The summed E-state index contributed by atoms with van der Waals surface area (Å²) in [6.07, 6.45) is 8.75. The number of carbonyl (C=O) groups is 2. The van der Waals surface area contributed by atoms with Crippen LogP contribution in [-0.4, -0.2) is 60.4 Å². The summed E-state index contributed by atoms with van der Waals surface area (Å²) in [6, 6.07) is 0. The molecule has 1 heterocycles. The molecule has 4 fully saturated rings. The molecule has 4 rings (SSSR count). The summed E-state index contributed by atoms with van der Waals surface area (Å²) in [5.74, 6) is 1.93. The minimum absolute atomic E-state index is 0.163. The van der Waals surface area contributed by atoms with Gasteiger partial charge in [-0.15, -0.1) is 0 Å². The second-order valence-electron chi connectivity index (χ2n) is 8.57. The van der Waals surface area contributed by atoms with Crippen molar-refractivity contribution < 1.29 is 9.59 Å². The Hall–Kier alpha value is -1.10. The van der Waals surface area contributed by atoms with Crippen LogP contribution in [0.1, 0.15) is 51.4 Å². The van der Waals surface area contributed by atoms with Gasteiger partial charge in [0.15, 0.2) is 0 Å². The molecule has 3 aliphatic carbocycles. The zero-order valence-electron chi connectivity index (χ0n) is 14.9. The molecular weight excluding hydrogens is 302 g/mol. The number of carbonyl (C=O) groups excluding carboxylic acids is 2. The van der Waals surface area contributed by atoms with Gasteiger partial charge in [-0.25, -0.2) is 0 Å². The summed E-state index contributed by atoms with van der Waals surface area (Å²) in [6.45, 7) is 3.45. The van der Waals surface area contributed by atoms with Crippen LogP contribution in [0.15, 0.2) is 0 Å². The Morgan fingerprint density at radius 2 is 1.67 bits per heavy atom. The third kappa shape index (κ3) is 2.96. The van der Waals surface area contributed by atoms with Gasteiger partial charge in [0.1, 0.15) is 5.54 Å². The van der Waals surface area contributed by atoms with Crippen molar-refractivity contribution in [3.63, 3.8) is 0 Å². The summed E-state index contributed by atoms with van der Waals surface area (Å²) in [7, 11) is 2.10. The highest BCUT2D eigenvalue weighted by Crippen LogP contribution is 2.52. The van der Waals surface area contributed by atoms with Crippen LogP contribution in [0.5, 0.6) is 0 Å². The number of nitrogens with one attached hydrogen (secondary N) is 1. The first-order valence-electron chi connectivity index (χ1n) is 9.89. The average molecular weight is 333 g/mol. The fraction of sp³-hybridized carbons (Fsp3) is 0.895. The van der Waals surface area contributed by atoms with Crippen molar-refractivity contribution in [2.24, 2.45) is 17.8 Å². The maximum absolute atomic E-state index is 13.2. The van der Waals surface area contributed by atoms with Crippen LogP contribution >= 0.6 is 0 Å². The van der Waals surface area contributed by atoms with E-state index in [1.54, 1.807) is 0 Å². The molecule has 5 heteroatoms. The highest BCUT2D eigenvalue weighted by molar-refractivity contribution is 5.93. The Bertz CT molecular complexity index is 503. The molecule has 4 aliphatic rings. The number of hydrogen-bond donors (Lipinski definition) is 1. The third-order valence-corrected chi connectivity index (χ3v) is 6.95. The van der Waals surface area contributed by atoms with Crippen LogP contribution < -0.4 is 5.32 Å². The lowest BCUT2D eigenvalue weighted by molar-refractivity contribution is -0.143. The second kappa shape index (κ2) is 6.32. The average Bonchev–Trinajstić information content (AvgIpc) is 3.15. The maximum Gasteiger partial charge on any atom is 0.248 e. The predicted molar refractivity (Wildman–Crippen MR) is 92.4 cm³/mol. The molecule has 0 aromatic carbocycles. The zero-order chi connectivity index (χ0) is 16.7. The fourth-order valence-electron chi connectivity index (χ4n) is 4.92. The van der Waals surface area contributed by atoms with Crippen molar-refractivity contribution >= 4 is 11.8 Å². The van der Waals surface area contributed by atoms with Gasteiger partial charge in [0.2, 0.25) is 11.8 Å². The Morgan fingerprint density at radius 3 is 2.25 bits per heavy atom. The summed E-state index contributed by atoms with van der Waals surface area (Å²) in [5.41, 5.74) is -0.597. The van der Waals surface area contributed by atoms with Gasteiger partial charge < -0.3 is 15.1 Å². The maximum atomic E-state index is 13.2. The van der Waals surface area contributed by atoms with Crippen LogP contribution in [-0.2, 0) is 9.59 Å². The van der Waals surface area contributed by atoms with Gasteiger partial charge in [-0.2, -0.15) is 0 Å². The van der Waals surface area contributed by atoms with Gasteiger partial charge in [-0.3, -0.25) is 9.59 Å². The first-order valence-corrected chi connectivity index (χ1v) is 9.89. The number of hydrogen-bond acceptors (Lipinski definition) is 3. The normalized spacial score (nSPS) is 33.1. The van der Waals surface area contributed by atoms with Crippen molar-refractivity contribution in [1.29, 1.82) is 0 Å². The lowest BCUT2D eigenvalue weighted by atomic mass is 9.81. The largest absolute Gasteiger partial charge is 0.341 e. The van der Waals surface area contributed by atoms with Gasteiger partial charge in [0, 0.05) is 32.1 Å². The first-order chi connectivity index (χ1) is 11.6. The summed E-state index contributed by atoms with van der Waals surface area (Å²) in [4.78, 5) is 30.2. The molecular formula is C19H31N3O2. The van der Waals surface area contributed by atoms with Gasteiger partial charge >= 0.3 is 0 Å². The Balaban J connectivity index is 1.39. The van der Waals surface area contributed by atoms with Crippen molar-refractivity contribution in [1.82, 2.24) is 15.1 Å². The fourth-order valence-corrected chi connectivity index (χ4v) is 4.92. The molecule has 0 aromatic rings. The first kappa shape index (κ1) is 16.4. The van der Waals surface area contributed by atoms with E-state index >= 15 is 0 Å². The monoisotopic (exact) mass is 333 g/mol. The van der Waals surface area contributed by atoms with Gasteiger partial charge in [0.25, 0.3) is 0 Å². The molecule has 2 amide bonds. The summed E-state index contributed by atoms with van der Waals surface area (Å²) < 4.78 is 0. The van der Waals surface area contributed by atoms with Crippen molar-refractivity contribution in [3.05, 3.63) is 0 Å². The van der Waals surface area contributed by atoms with Crippen molar-refractivity contribution in [3.8, 4) is 0 Å². The van der Waals surface area contributed by atoms with E-state index in [0.29, 0.717) is 5.92 Å². The minimum atomic E-state index is -0.597. The number of rotatable bonds is 4. The highest BCUT2D eigenvalue weighted by Gasteiger charge is 2.52. The van der Waals surface area contributed by atoms with E-state index in [2.05, 4.69) is 17.3 Å². The highest BCUT2D eigenvalue weighted by atomic mass is 16.2. The molecule has 0 bridgehead atoms. The minimum Gasteiger partial charge on any atom is -0.341 e. The predicted octanol–water partition coefficient (Wildman–Crippen LogP) is 1.63.